The third-order valence-corrected chi connectivity index (χ3v) is 3.12. The number of anilines is 1. The average molecular weight is 348 g/mol. The van der Waals surface area contributed by atoms with Crippen molar-refractivity contribution >= 4 is 21.6 Å². The standard InChI is InChI=1S/C12H12BrF2N3O2/c13-8-5-7(1-2-9(8)16)12-17-11(18-20-12)3-4-19-6-10(14)15/h1-2,5,10H,3-4,6,16H2. The smallest absolute Gasteiger partial charge is 0.261 e. The number of nitrogen functional groups attached to an aromatic ring is 1. The summed E-state index contributed by atoms with van der Waals surface area (Å²) < 4.78 is 34.3. The third kappa shape index (κ3) is 3.97. The van der Waals surface area contributed by atoms with Gasteiger partial charge in [0.2, 0.25) is 0 Å². The van der Waals surface area contributed by atoms with Gasteiger partial charge in [0.05, 0.1) is 6.61 Å². The zero-order valence-corrected chi connectivity index (χ0v) is 11.9. The second kappa shape index (κ2) is 6.76. The van der Waals surface area contributed by atoms with Crippen LogP contribution in [0.2, 0.25) is 0 Å². The second-order valence-electron chi connectivity index (χ2n) is 3.97. The van der Waals surface area contributed by atoms with Crippen molar-refractivity contribution in [2.45, 2.75) is 12.8 Å². The Morgan fingerprint density at radius 2 is 2.20 bits per heavy atom. The largest absolute Gasteiger partial charge is 0.398 e. The number of hydrogen-bond acceptors (Lipinski definition) is 5. The molecule has 0 radical (unpaired) electrons. The second-order valence-corrected chi connectivity index (χ2v) is 4.82. The van der Waals surface area contributed by atoms with Crippen molar-refractivity contribution in [3.63, 3.8) is 0 Å². The first kappa shape index (κ1) is 14.9. The summed E-state index contributed by atoms with van der Waals surface area (Å²) in [6.45, 7) is -0.468. The van der Waals surface area contributed by atoms with Crippen LogP contribution in [-0.2, 0) is 11.2 Å². The first-order chi connectivity index (χ1) is 9.56. The zero-order valence-electron chi connectivity index (χ0n) is 10.4. The van der Waals surface area contributed by atoms with Crippen LogP contribution < -0.4 is 5.73 Å². The van der Waals surface area contributed by atoms with E-state index in [-0.39, 0.29) is 6.61 Å². The van der Waals surface area contributed by atoms with Crippen molar-refractivity contribution in [3.05, 3.63) is 28.5 Å². The maximum atomic E-state index is 11.9. The normalized spacial score (nSPS) is 11.2. The predicted octanol–water partition coefficient (Wildman–Crippen LogP) is 2.91. The van der Waals surface area contributed by atoms with Crippen molar-refractivity contribution in [3.8, 4) is 11.5 Å². The minimum atomic E-state index is -2.47. The zero-order chi connectivity index (χ0) is 14.5. The van der Waals surface area contributed by atoms with Gasteiger partial charge >= 0.3 is 0 Å². The van der Waals surface area contributed by atoms with E-state index >= 15 is 0 Å². The Balaban J connectivity index is 1.96. The number of nitrogens with two attached hydrogens (primary N) is 1. The summed E-state index contributed by atoms with van der Waals surface area (Å²) in [5.74, 6) is 0.747. The van der Waals surface area contributed by atoms with Gasteiger partial charge in [-0.05, 0) is 34.1 Å². The molecule has 1 heterocycles. The number of halogens is 3. The topological polar surface area (TPSA) is 74.2 Å². The van der Waals surface area contributed by atoms with E-state index in [1.165, 1.54) is 0 Å². The van der Waals surface area contributed by atoms with Gasteiger partial charge in [0, 0.05) is 22.1 Å². The van der Waals surface area contributed by atoms with Crippen LogP contribution in [0.1, 0.15) is 5.82 Å². The first-order valence-electron chi connectivity index (χ1n) is 5.80. The van der Waals surface area contributed by atoms with Crippen molar-refractivity contribution in [2.75, 3.05) is 18.9 Å². The Morgan fingerprint density at radius 3 is 2.90 bits per heavy atom. The molecule has 0 saturated carbocycles. The molecule has 0 amide bonds. The molecule has 20 heavy (non-hydrogen) atoms. The van der Waals surface area contributed by atoms with Crippen LogP contribution in [0.25, 0.3) is 11.5 Å². The molecule has 0 saturated heterocycles. The fourth-order valence-electron chi connectivity index (χ4n) is 1.47. The van der Waals surface area contributed by atoms with E-state index in [9.17, 15) is 8.78 Å². The Bertz CT molecular complexity index is 578. The summed E-state index contributed by atoms with van der Waals surface area (Å²) in [6, 6.07) is 5.24. The lowest BCUT2D eigenvalue weighted by Crippen LogP contribution is -2.07. The molecule has 0 bridgehead atoms. The van der Waals surface area contributed by atoms with Gasteiger partial charge in [0.25, 0.3) is 12.3 Å². The molecule has 8 heteroatoms. The first-order valence-corrected chi connectivity index (χ1v) is 6.59. The Hall–Kier alpha value is -1.54. The van der Waals surface area contributed by atoms with E-state index in [2.05, 4.69) is 26.1 Å². The van der Waals surface area contributed by atoms with Gasteiger partial charge in [-0.1, -0.05) is 5.16 Å². The molecule has 1 aromatic carbocycles. The fraction of sp³-hybridized carbons (Fsp3) is 0.333. The number of nitrogens with zero attached hydrogens (tertiary/aromatic N) is 2. The van der Waals surface area contributed by atoms with Crippen LogP contribution in [0.3, 0.4) is 0 Å². The number of benzene rings is 1. The van der Waals surface area contributed by atoms with Crippen molar-refractivity contribution in [2.24, 2.45) is 0 Å². The van der Waals surface area contributed by atoms with Gasteiger partial charge in [0.1, 0.15) is 6.61 Å². The Morgan fingerprint density at radius 1 is 1.40 bits per heavy atom. The highest BCUT2D eigenvalue weighted by Crippen LogP contribution is 2.26. The van der Waals surface area contributed by atoms with E-state index in [0.29, 0.717) is 23.8 Å². The number of ether oxygens (including phenoxy) is 1. The van der Waals surface area contributed by atoms with E-state index in [1.54, 1.807) is 18.2 Å². The van der Waals surface area contributed by atoms with Gasteiger partial charge in [-0.15, -0.1) is 0 Å². The molecular formula is C12H12BrF2N3O2. The SMILES string of the molecule is Nc1ccc(-c2nc(CCOCC(F)F)no2)cc1Br. The lowest BCUT2D eigenvalue weighted by atomic mass is 10.2. The third-order valence-electron chi connectivity index (χ3n) is 2.43. The minimum Gasteiger partial charge on any atom is -0.398 e. The van der Waals surface area contributed by atoms with Gasteiger partial charge in [-0.25, -0.2) is 8.78 Å². The van der Waals surface area contributed by atoms with Crippen LogP contribution in [0.4, 0.5) is 14.5 Å². The van der Waals surface area contributed by atoms with Gasteiger partial charge in [-0.2, -0.15) is 4.98 Å². The van der Waals surface area contributed by atoms with Crippen LogP contribution in [0.15, 0.2) is 27.2 Å². The van der Waals surface area contributed by atoms with Crippen molar-refractivity contribution in [1.29, 1.82) is 0 Å². The number of rotatable bonds is 6. The molecule has 0 fully saturated rings. The molecule has 0 aliphatic carbocycles. The summed E-state index contributed by atoms with van der Waals surface area (Å²) in [5.41, 5.74) is 7.01. The molecule has 0 aliphatic rings. The maximum Gasteiger partial charge on any atom is 0.261 e. The Labute approximate surface area is 122 Å². The highest BCUT2D eigenvalue weighted by Gasteiger charge is 2.10. The lowest BCUT2D eigenvalue weighted by Gasteiger charge is -2.00. The van der Waals surface area contributed by atoms with Gasteiger partial charge < -0.3 is 15.0 Å². The van der Waals surface area contributed by atoms with Crippen LogP contribution in [-0.4, -0.2) is 29.8 Å². The molecule has 2 rings (SSSR count). The number of aromatic nitrogens is 2. The predicted molar refractivity (Wildman–Crippen MR) is 72.4 cm³/mol. The summed E-state index contributed by atoms with van der Waals surface area (Å²) in [5, 5.41) is 3.76. The van der Waals surface area contributed by atoms with Crippen LogP contribution in [0, 0.1) is 0 Å². The molecule has 0 atom stereocenters. The monoisotopic (exact) mass is 347 g/mol. The molecule has 2 aromatic rings. The summed E-state index contributed by atoms with van der Waals surface area (Å²) in [4.78, 5) is 4.16. The van der Waals surface area contributed by atoms with Gasteiger partial charge in [-0.3, -0.25) is 0 Å². The number of alkyl halides is 2. The number of hydrogen-bond donors (Lipinski definition) is 1. The summed E-state index contributed by atoms with van der Waals surface area (Å²) in [7, 11) is 0. The van der Waals surface area contributed by atoms with Gasteiger partial charge in [0.15, 0.2) is 5.82 Å². The maximum absolute atomic E-state index is 11.9. The summed E-state index contributed by atoms with van der Waals surface area (Å²) >= 11 is 3.31. The van der Waals surface area contributed by atoms with E-state index < -0.39 is 13.0 Å². The van der Waals surface area contributed by atoms with E-state index in [0.717, 1.165) is 10.0 Å². The molecule has 0 aliphatic heterocycles. The molecule has 0 spiro atoms. The molecule has 0 unspecified atom stereocenters. The highest BCUT2D eigenvalue weighted by atomic mass is 79.9. The van der Waals surface area contributed by atoms with Crippen molar-refractivity contribution < 1.29 is 18.0 Å². The average Bonchev–Trinajstić information content (AvgIpc) is 2.86. The molecule has 108 valence electrons. The van der Waals surface area contributed by atoms with Crippen molar-refractivity contribution in [1.82, 2.24) is 10.1 Å². The van der Waals surface area contributed by atoms with E-state index in [4.69, 9.17) is 15.0 Å². The van der Waals surface area contributed by atoms with E-state index in [1.807, 2.05) is 0 Å². The molecule has 1 aromatic heterocycles. The molecule has 5 nitrogen and oxygen atoms in total. The molecular weight excluding hydrogens is 336 g/mol. The highest BCUT2D eigenvalue weighted by molar-refractivity contribution is 9.10. The molecule has 2 N–H and O–H groups in total. The fourth-order valence-corrected chi connectivity index (χ4v) is 1.85. The van der Waals surface area contributed by atoms with Crippen LogP contribution in [0.5, 0.6) is 0 Å². The Kier molecular flexibility index (Phi) is 5.02. The summed E-state index contributed by atoms with van der Waals surface area (Å²) in [6.07, 6.45) is -2.16. The van der Waals surface area contributed by atoms with Crippen LogP contribution >= 0.6 is 15.9 Å². The lowest BCUT2D eigenvalue weighted by molar-refractivity contribution is 0.0182. The quantitative estimate of drug-likeness (QED) is 0.642. The minimum absolute atomic E-state index is 0.120.